The summed E-state index contributed by atoms with van der Waals surface area (Å²) in [7, 11) is -5.26. The molecule has 2 aromatic rings. The summed E-state index contributed by atoms with van der Waals surface area (Å²) in [6, 6.07) is 14.0. The minimum absolute atomic E-state index is 0. The fourth-order valence-electron chi connectivity index (χ4n) is 2.18. The van der Waals surface area contributed by atoms with Gasteiger partial charge in [0.15, 0.2) is 0 Å². The van der Waals surface area contributed by atoms with Crippen molar-refractivity contribution >= 4 is 32.5 Å². The average Bonchev–Trinajstić information content (AvgIpc) is 2.60. The predicted molar refractivity (Wildman–Crippen MR) is 103 cm³/mol. The Kier molecular flexibility index (Phi) is 7.75. The van der Waals surface area contributed by atoms with E-state index in [9.17, 15) is 16.8 Å². The number of hydrogen-bond acceptors (Lipinski definition) is 5. The van der Waals surface area contributed by atoms with Gasteiger partial charge in [0.1, 0.15) is 9.79 Å². The van der Waals surface area contributed by atoms with Gasteiger partial charge in [-0.25, -0.2) is 25.9 Å². The van der Waals surface area contributed by atoms with Gasteiger partial charge in [0.2, 0.25) is 20.0 Å². The zero-order chi connectivity index (χ0) is 18.7. The maximum absolute atomic E-state index is 12.6. The van der Waals surface area contributed by atoms with E-state index < -0.39 is 26.1 Å². The summed E-state index contributed by atoms with van der Waals surface area (Å²) in [6.45, 7) is -0.0529. The Morgan fingerprint density at radius 1 is 0.923 bits per heavy atom. The zero-order valence-corrected chi connectivity index (χ0v) is 16.8. The van der Waals surface area contributed by atoms with Crippen molar-refractivity contribution in [2.24, 2.45) is 5.73 Å². The average molecular weight is 420 g/mol. The number of sulfonamides is 2. The molecule has 7 nitrogen and oxygen atoms in total. The van der Waals surface area contributed by atoms with Crippen molar-refractivity contribution in [3.63, 3.8) is 0 Å². The summed E-state index contributed by atoms with van der Waals surface area (Å²) < 4.78 is 53.3. The molecule has 2 rings (SSSR count). The molecule has 0 saturated heterocycles. The molecular formula is C16H22ClN3O4S2. The van der Waals surface area contributed by atoms with Crippen LogP contribution in [0, 0.1) is 0 Å². The number of nitrogens with zero attached hydrogens (tertiary/aromatic N) is 1. The third kappa shape index (κ3) is 5.03. The SMILES string of the molecule is CN(C)S(=O)(=O)c1ccccc1S(=O)(=O)NCC(N)c1ccccc1.Cl. The molecule has 0 bridgehead atoms. The molecule has 0 aliphatic rings. The summed E-state index contributed by atoms with van der Waals surface area (Å²) in [6.07, 6.45) is 0. The van der Waals surface area contributed by atoms with E-state index in [1.807, 2.05) is 18.2 Å². The molecule has 3 N–H and O–H groups in total. The van der Waals surface area contributed by atoms with Crippen LogP contribution < -0.4 is 10.5 Å². The highest BCUT2D eigenvalue weighted by Crippen LogP contribution is 2.23. The van der Waals surface area contributed by atoms with Crippen LogP contribution in [0.4, 0.5) is 0 Å². The minimum atomic E-state index is -4.05. The smallest absolute Gasteiger partial charge is 0.243 e. The van der Waals surface area contributed by atoms with Gasteiger partial charge < -0.3 is 5.73 Å². The van der Waals surface area contributed by atoms with Gasteiger partial charge in [0.25, 0.3) is 0 Å². The van der Waals surface area contributed by atoms with Gasteiger partial charge in [0, 0.05) is 26.7 Å². The Labute approximate surface area is 160 Å². The van der Waals surface area contributed by atoms with Crippen LogP contribution in [0.1, 0.15) is 11.6 Å². The normalized spacial score (nSPS) is 13.2. The molecule has 1 atom stereocenters. The topological polar surface area (TPSA) is 110 Å². The maximum atomic E-state index is 12.6. The van der Waals surface area contributed by atoms with Gasteiger partial charge >= 0.3 is 0 Å². The second-order valence-electron chi connectivity index (χ2n) is 5.60. The molecule has 0 aliphatic heterocycles. The largest absolute Gasteiger partial charge is 0.323 e. The molecule has 10 heteroatoms. The summed E-state index contributed by atoms with van der Waals surface area (Å²) in [4.78, 5) is -0.579. The van der Waals surface area contributed by atoms with E-state index in [0.717, 1.165) is 9.87 Å². The summed E-state index contributed by atoms with van der Waals surface area (Å²) in [5.41, 5.74) is 6.78. The number of nitrogens with two attached hydrogens (primary N) is 1. The first kappa shape index (κ1) is 22.6. The van der Waals surface area contributed by atoms with Crippen LogP contribution in [0.3, 0.4) is 0 Å². The minimum Gasteiger partial charge on any atom is -0.323 e. The first-order chi connectivity index (χ1) is 11.7. The molecule has 0 radical (unpaired) electrons. The zero-order valence-electron chi connectivity index (χ0n) is 14.4. The number of halogens is 1. The Hall–Kier alpha value is -1.49. The first-order valence-electron chi connectivity index (χ1n) is 7.48. The number of rotatable bonds is 7. The molecule has 0 fully saturated rings. The van der Waals surface area contributed by atoms with Crippen molar-refractivity contribution < 1.29 is 16.8 Å². The Morgan fingerprint density at radius 3 is 1.96 bits per heavy atom. The Balaban J connectivity index is 0.00000338. The van der Waals surface area contributed by atoms with Crippen molar-refractivity contribution in [1.29, 1.82) is 0 Å². The standard InChI is InChI=1S/C16H21N3O4S2.ClH/c1-19(2)25(22,23)16-11-7-6-10-15(16)24(20,21)18-12-14(17)13-8-4-3-5-9-13;/h3-11,14,18H,12,17H2,1-2H3;1H. The maximum Gasteiger partial charge on any atom is 0.243 e. The van der Waals surface area contributed by atoms with Crippen molar-refractivity contribution in [3.8, 4) is 0 Å². The van der Waals surface area contributed by atoms with Crippen LogP contribution in [0.2, 0.25) is 0 Å². The molecule has 0 aliphatic carbocycles. The van der Waals surface area contributed by atoms with Gasteiger partial charge in [-0.2, -0.15) is 0 Å². The molecule has 1 unspecified atom stereocenters. The van der Waals surface area contributed by atoms with Crippen molar-refractivity contribution in [2.75, 3.05) is 20.6 Å². The third-order valence-electron chi connectivity index (χ3n) is 3.62. The van der Waals surface area contributed by atoms with Crippen LogP contribution in [0.15, 0.2) is 64.4 Å². The van der Waals surface area contributed by atoms with Gasteiger partial charge in [-0.3, -0.25) is 0 Å². The molecule has 2 aromatic carbocycles. The highest BCUT2D eigenvalue weighted by Gasteiger charge is 2.27. The third-order valence-corrected chi connectivity index (χ3v) is 7.10. The van der Waals surface area contributed by atoms with Crippen molar-refractivity contribution in [1.82, 2.24) is 9.03 Å². The predicted octanol–water partition coefficient (Wildman–Crippen LogP) is 1.34. The quantitative estimate of drug-likeness (QED) is 0.703. The van der Waals surface area contributed by atoms with E-state index >= 15 is 0 Å². The van der Waals surface area contributed by atoms with Gasteiger partial charge in [-0.15, -0.1) is 12.4 Å². The Morgan fingerprint density at radius 2 is 1.42 bits per heavy atom. The highest BCUT2D eigenvalue weighted by molar-refractivity contribution is 7.92. The molecular weight excluding hydrogens is 398 g/mol. The highest BCUT2D eigenvalue weighted by atomic mass is 35.5. The van der Waals surface area contributed by atoms with E-state index in [-0.39, 0.29) is 28.7 Å². The molecule has 0 amide bonds. The fourth-order valence-corrected chi connectivity index (χ4v) is 4.93. The van der Waals surface area contributed by atoms with Gasteiger partial charge in [-0.1, -0.05) is 42.5 Å². The van der Waals surface area contributed by atoms with Crippen molar-refractivity contribution in [2.45, 2.75) is 15.8 Å². The monoisotopic (exact) mass is 419 g/mol. The van der Waals surface area contributed by atoms with Crippen molar-refractivity contribution in [3.05, 3.63) is 60.2 Å². The fraction of sp³-hybridized carbons (Fsp3) is 0.250. The van der Waals surface area contributed by atoms with E-state index in [0.29, 0.717) is 0 Å². The first-order valence-corrected chi connectivity index (χ1v) is 10.4. The lowest BCUT2D eigenvalue weighted by atomic mass is 10.1. The summed E-state index contributed by atoms with van der Waals surface area (Å²) >= 11 is 0. The van der Waals surface area contributed by atoms with E-state index in [1.54, 1.807) is 12.1 Å². The lowest BCUT2D eigenvalue weighted by Crippen LogP contribution is -2.33. The molecule has 26 heavy (non-hydrogen) atoms. The van der Waals surface area contributed by atoms with Crippen LogP contribution in [0.25, 0.3) is 0 Å². The Bertz CT molecular complexity index is 933. The van der Waals surface area contributed by atoms with Crippen LogP contribution >= 0.6 is 12.4 Å². The molecule has 0 aromatic heterocycles. The summed E-state index contributed by atoms with van der Waals surface area (Å²) in [5, 5.41) is 0. The van der Waals surface area contributed by atoms with Gasteiger partial charge in [-0.05, 0) is 17.7 Å². The molecule has 144 valence electrons. The summed E-state index contributed by atoms with van der Waals surface area (Å²) in [5.74, 6) is 0. The molecule has 0 saturated carbocycles. The number of nitrogens with one attached hydrogen (secondary N) is 1. The second-order valence-corrected chi connectivity index (χ2v) is 9.46. The van der Waals surface area contributed by atoms with E-state index in [1.165, 1.54) is 38.4 Å². The molecule has 0 heterocycles. The van der Waals surface area contributed by atoms with Crippen LogP contribution in [-0.4, -0.2) is 41.8 Å². The molecule has 0 spiro atoms. The number of benzene rings is 2. The van der Waals surface area contributed by atoms with E-state index in [2.05, 4.69) is 4.72 Å². The van der Waals surface area contributed by atoms with Crippen LogP contribution in [-0.2, 0) is 20.0 Å². The second kappa shape index (κ2) is 8.94. The number of hydrogen-bond donors (Lipinski definition) is 2. The van der Waals surface area contributed by atoms with Gasteiger partial charge in [0.05, 0.1) is 0 Å². The lowest BCUT2D eigenvalue weighted by Gasteiger charge is -2.17. The lowest BCUT2D eigenvalue weighted by molar-refractivity contribution is 0.516. The van der Waals surface area contributed by atoms with E-state index in [4.69, 9.17) is 5.73 Å². The van der Waals surface area contributed by atoms with Crippen LogP contribution in [0.5, 0.6) is 0 Å².